The summed E-state index contributed by atoms with van der Waals surface area (Å²) in [6.45, 7) is 2.32. The minimum absolute atomic E-state index is 0.269. The molecular weight excluding hydrogens is 257 g/mol. The van der Waals surface area contributed by atoms with Gasteiger partial charge < -0.3 is 14.8 Å². The summed E-state index contributed by atoms with van der Waals surface area (Å²) < 4.78 is 23.4. The molecule has 0 saturated carbocycles. The van der Waals surface area contributed by atoms with Crippen molar-refractivity contribution in [2.45, 2.75) is 6.54 Å². The molecule has 1 N–H and O–H groups in total. The second-order valence-electron chi connectivity index (χ2n) is 4.37. The van der Waals surface area contributed by atoms with Crippen LogP contribution in [0.1, 0.15) is 5.56 Å². The van der Waals surface area contributed by atoms with Gasteiger partial charge in [-0.15, -0.1) is 0 Å². The third-order valence-corrected chi connectivity index (χ3v) is 2.78. The van der Waals surface area contributed by atoms with Gasteiger partial charge in [0.15, 0.2) is 0 Å². The number of halogens is 1. The van der Waals surface area contributed by atoms with E-state index < -0.39 is 0 Å². The van der Waals surface area contributed by atoms with Crippen LogP contribution in [0.15, 0.2) is 48.5 Å². The highest BCUT2D eigenvalue weighted by atomic mass is 19.1. The Kier molecular flexibility index (Phi) is 5.53. The summed E-state index contributed by atoms with van der Waals surface area (Å²) >= 11 is 0. The maximum atomic E-state index is 12.8. The SMILES string of the molecule is COCCNCc1ccc(Oc2ccc(F)cc2)cc1. The highest BCUT2D eigenvalue weighted by Gasteiger charge is 1.98. The van der Waals surface area contributed by atoms with Gasteiger partial charge in [-0.1, -0.05) is 12.1 Å². The van der Waals surface area contributed by atoms with E-state index in [4.69, 9.17) is 9.47 Å². The summed E-state index contributed by atoms with van der Waals surface area (Å²) in [5.41, 5.74) is 1.17. The van der Waals surface area contributed by atoms with Gasteiger partial charge in [-0.05, 0) is 42.0 Å². The highest BCUT2D eigenvalue weighted by Crippen LogP contribution is 2.21. The molecule has 0 aromatic heterocycles. The summed E-state index contributed by atoms with van der Waals surface area (Å²) in [6, 6.07) is 13.8. The highest BCUT2D eigenvalue weighted by molar-refractivity contribution is 5.33. The molecule has 0 heterocycles. The Morgan fingerprint density at radius 1 is 0.950 bits per heavy atom. The lowest BCUT2D eigenvalue weighted by Gasteiger charge is -2.07. The van der Waals surface area contributed by atoms with Crippen LogP contribution in [-0.2, 0) is 11.3 Å². The Hall–Kier alpha value is -1.91. The number of ether oxygens (including phenoxy) is 2. The molecule has 2 aromatic rings. The van der Waals surface area contributed by atoms with Gasteiger partial charge in [0.2, 0.25) is 0 Å². The molecule has 0 aliphatic carbocycles. The molecule has 4 heteroatoms. The first-order chi connectivity index (χ1) is 9.78. The fourth-order valence-electron chi connectivity index (χ4n) is 1.72. The number of hydrogen-bond acceptors (Lipinski definition) is 3. The van der Waals surface area contributed by atoms with Crippen LogP contribution >= 0.6 is 0 Å². The van der Waals surface area contributed by atoms with Crippen molar-refractivity contribution in [3.8, 4) is 11.5 Å². The summed E-state index contributed by atoms with van der Waals surface area (Å²) in [7, 11) is 1.68. The number of hydrogen-bond donors (Lipinski definition) is 1. The average Bonchev–Trinajstić information content (AvgIpc) is 2.48. The zero-order valence-corrected chi connectivity index (χ0v) is 11.4. The molecule has 2 aromatic carbocycles. The number of benzene rings is 2. The van der Waals surface area contributed by atoms with Crippen molar-refractivity contribution < 1.29 is 13.9 Å². The van der Waals surface area contributed by atoms with Crippen LogP contribution in [0, 0.1) is 5.82 Å². The van der Waals surface area contributed by atoms with E-state index in [1.807, 2.05) is 24.3 Å². The molecule has 0 aliphatic rings. The number of nitrogens with one attached hydrogen (secondary N) is 1. The molecule has 0 atom stereocenters. The lowest BCUT2D eigenvalue weighted by atomic mass is 10.2. The Morgan fingerprint density at radius 2 is 1.55 bits per heavy atom. The maximum absolute atomic E-state index is 12.8. The van der Waals surface area contributed by atoms with Crippen LogP contribution in [0.25, 0.3) is 0 Å². The smallest absolute Gasteiger partial charge is 0.127 e. The van der Waals surface area contributed by atoms with Crippen LogP contribution < -0.4 is 10.1 Å². The van der Waals surface area contributed by atoms with Gasteiger partial charge in [0, 0.05) is 20.2 Å². The van der Waals surface area contributed by atoms with Crippen molar-refractivity contribution >= 4 is 0 Å². The zero-order chi connectivity index (χ0) is 14.2. The van der Waals surface area contributed by atoms with Crippen molar-refractivity contribution in [1.29, 1.82) is 0 Å². The maximum Gasteiger partial charge on any atom is 0.127 e. The molecule has 0 amide bonds. The Morgan fingerprint density at radius 3 is 2.15 bits per heavy atom. The van der Waals surface area contributed by atoms with E-state index in [0.717, 1.165) is 18.8 Å². The molecule has 0 radical (unpaired) electrons. The normalized spacial score (nSPS) is 10.5. The first-order valence-corrected chi connectivity index (χ1v) is 6.50. The fourth-order valence-corrected chi connectivity index (χ4v) is 1.72. The molecule has 20 heavy (non-hydrogen) atoms. The molecule has 106 valence electrons. The minimum Gasteiger partial charge on any atom is -0.457 e. The van der Waals surface area contributed by atoms with Gasteiger partial charge >= 0.3 is 0 Å². The molecule has 0 unspecified atom stereocenters. The van der Waals surface area contributed by atoms with E-state index in [0.29, 0.717) is 12.4 Å². The van der Waals surface area contributed by atoms with E-state index in [2.05, 4.69) is 5.32 Å². The second-order valence-corrected chi connectivity index (χ2v) is 4.37. The Bertz CT molecular complexity index is 511. The summed E-state index contributed by atoms with van der Waals surface area (Å²) in [5.74, 6) is 1.09. The number of rotatable bonds is 7. The zero-order valence-electron chi connectivity index (χ0n) is 11.4. The predicted octanol–water partition coefficient (Wildman–Crippen LogP) is 3.35. The van der Waals surface area contributed by atoms with Crippen molar-refractivity contribution in [1.82, 2.24) is 5.32 Å². The third-order valence-electron chi connectivity index (χ3n) is 2.78. The van der Waals surface area contributed by atoms with Gasteiger partial charge in [0.05, 0.1) is 6.61 Å². The lowest BCUT2D eigenvalue weighted by Crippen LogP contribution is -2.18. The summed E-state index contributed by atoms with van der Waals surface area (Å²) in [5, 5.41) is 3.27. The van der Waals surface area contributed by atoms with Gasteiger partial charge in [0.25, 0.3) is 0 Å². The summed E-state index contributed by atoms with van der Waals surface area (Å²) in [4.78, 5) is 0. The predicted molar refractivity (Wildman–Crippen MR) is 76.5 cm³/mol. The van der Waals surface area contributed by atoms with E-state index in [1.165, 1.54) is 17.7 Å². The quantitative estimate of drug-likeness (QED) is 0.786. The first-order valence-electron chi connectivity index (χ1n) is 6.50. The van der Waals surface area contributed by atoms with Crippen LogP contribution in [-0.4, -0.2) is 20.3 Å². The standard InChI is InChI=1S/C16H18FNO2/c1-19-11-10-18-12-13-2-6-15(7-3-13)20-16-8-4-14(17)5-9-16/h2-9,18H,10-12H2,1H3. The topological polar surface area (TPSA) is 30.5 Å². The van der Waals surface area contributed by atoms with Gasteiger partial charge in [-0.25, -0.2) is 4.39 Å². The monoisotopic (exact) mass is 275 g/mol. The van der Waals surface area contributed by atoms with Gasteiger partial charge in [-0.3, -0.25) is 0 Å². The molecule has 0 spiro atoms. The molecule has 0 aliphatic heterocycles. The van der Waals surface area contributed by atoms with E-state index >= 15 is 0 Å². The summed E-state index contributed by atoms with van der Waals surface area (Å²) in [6.07, 6.45) is 0. The van der Waals surface area contributed by atoms with Crippen LogP contribution in [0.2, 0.25) is 0 Å². The lowest BCUT2D eigenvalue weighted by molar-refractivity contribution is 0.199. The fraction of sp³-hybridized carbons (Fsp3) is 0.250. The Labute approximate surface area is 118 Å². The van der Waals surface area contributed by atoms with Crippen molar-refractivity contribution in [2.75, 3.05) is 20.3 Å². The van der Waals surface area contributed by atoms with Crippen LogP contribution in [0.4, 0.5) is 4.39 Å². The van der Waals surface area contributed by atoms with E-state index in [9.17, 15) is 4.39 Å². The molecule has 0 fully saturated rings. The van der Waals surface area contributed by atoms with Crippen LogP contribution in [0.5, 0.6) is 11.5 Å². The van der Waals surface area contributed by atoms with Gasteiger partial charge in [-0.2, -0.15) is 0 Å². The Balaban J connectivity index is 1.86. The largest absolute Gasteiger partial charge is 0.457 e. The molecule has 0 bridgehead atoms. The minimum atomic E-state index is -0.269. The average molecular weight is 275 g/mol. The molecule has 2 rings (SSSR count). The first kappa shape index (κ1) is 14.5. The van der Waals surface area contributed by atoms with Crippen molar-refractivity contribution in [3.63, 3.8) is 0 Å². The molecular formula is C16H18FNO2. The van der Waals surface area contributed by atoms with E-state index in [-0.39, 0.29) is 5.82 Å². The number of methoxy groups -OCH3 is 1. The second kappa shape index (κ2) is 7.62. The van der Waals surface area contributed by atoms with Gasteiger partial charge in [0.1, 0.15) is 17.3 Å². The van der Waals surface area contributed by atoms with E-state index in [1.54, 1.807) is 19.2 Å². The molecule has 0 saturated heterocycles. The third kappa shape index (κ3) is 4.64. The van der Waals surface area contributed by atoms with Crippen molar-refractivity contribution in [3.05, 3.63) is 59.9 Å². The molecule has 3 nitrogen and oxygen atoms in total. The van der Waals surface area contributed by atoms with Crippen molar-refractivity contribution in [2.24, 2.45) is 0 Å². The van der Waals surface area contributed by atoms with Crippen LogP contribution in [0.3, 0.4) is 0 Å².